The van der Waals surface area contributed by atoms with Crippen LogP contribution in [0.1, 0.15) is 18.5 Å². The third kappa shape index (κ3) is 4.04. The van der Waals surface area contributed by atoms with E-state index in [1.807, 2.05) is 0 Å². The van der Waals surface area contributed by atoms with E-state index in [4.69, 9.17) is 9.26 Å². The van der Waals surface area contributed by atoms with Crippen LogP contribution in [0.4, 0.5) is 4.39 Å². The molecule has 1 aliphatic rings. The summed E-state index contributed by atoms with van der Waals surface area (Å²) in [4.78, 5) is 25.6. The number of esters is 1. The molecule has 0 bridgehead atoms. The fourth-order valence-electron chi connectivity index (χ4n) is 2.94. The first kappa shape index (κ1) is 17.1. The standard InChI is InChI=1S/C18H19FN2O4/c1-24-18(23)13-6-8-21(9-7-13)17(22)11-15-10-16(25-20-15)12-2-4-14(19)5-3-12/h2-5,10,13H,6-9,11H2,1H3. The van der Waals surface area contributed by atoms with Crippen LogP contribution >= 0.6 is 0 Å². The Hall–Kier alpha value is -2.70. The predicted molar refractivity (Wildman–Crippen MR) is 86.9 cm³/mol. The van der Waals surface area contributed by atoms with Crippen LogP contribution in [0.2, 0.25) is 0 Å². The Bertz CT molecular complexity index is 749. The van der Waals surface area contributed by atoms with Crippen LogP contribution in [0.15, 0.2) is 34.9 Å². The van der Waals surface area contributed by atoms with Gasteiger partial charge in [-0.2, -0.15) is 0 Å². The fraction of sp³-hybridized carbons (Fsp3) is 0.389. The first-order valence-corrected chi connectivity index (χ1v) is 8.14. The summed E-state index contributed by atoms with van der Waals surface area (Å²) in [5.41, 5.74) is 1.23. The van der Waals surface area contributed by atoms with Crippen molar-refractivity contribution in [3.05, 3.63) is 41.8 Å². The number of benzene rings is 1. The molecule has 3 rings (SSSR count). The Labute approximate surface area is 144 Å². The number of hydrogen-bond acceptors (Lipinski definition) is 5. The van der Waals surface area contributed by atoms with E-state index in [2.05, 4.69) is 5.16 Å². The van der Waals surface area contributed by atoms with E-state index in [1.54, 1.807) is 23.1 Å². The molecule has 0 aliphatic carbocycles. The second-order valence-electron chi connectivity index (χ2n) is 6.04. The lowest BCUT2D eigenvalue weighted by atomic mass is 9.97. The van der Waals surface area contributed by atoms with Crippen LogP contribution in [0.25, 0.3) is 11.3 Å². The zero-order chi connectivity index (χ0) is 17.8. The molecule has 1 fully saturated rings. The van der Waals surface area contributed by atoms with Crippen molar-refractivity contribution < 1.29 is 23.2 Å². The van der Waals surface area contributed by atoms with Gasteiger partial charge in [0, 0.05) is 24.7 Å². The Kier molecular flexibility index (Phi) is 5.11. The van der Waals surface area contributed by atoms with Crippen molar-refractivity contribution in [2.75, 3.05) is 20.2 Å². The number of carbonyl (C=O) groups is 2. The molecule has 0 unspecified atom stereocenters. The number of ether oxygens (including phenoxy) is 1. The summed E-state index contributed by atoms with van der Waals surface area (Å²) in [5.74, 6) is -0.234. The minimum atomic E-state index is -0.325. The minimum Gasteiger partial charge on any atom is -0.469 e. The number of amides is 1. The molecule has 0 radical (unpaired) electrons. The van der Waals surface area contributed by atoms with Crippen molar-refractivity contribution in [3.63, 3.8) is 0 Å². The van der Waals surface area contributed by atoms with Crippen molar-refractivity contribution in [1.82, 2.24) is 10.1 Å². The van der Waals surface area contributed by atoms with Crippen LogP contribution in [0.5, 0.6) is 0 Å². The van der Waals surface area contributed by atoms with Crippen LogP contribution in [0, 0.1) is 11.7 Å². The van der Waals surface area contributed by atoms with Crippen molar-refractivity contribution in [1.29, 1.82) is 0 Å². The van der Waals surface area contributed by atoms with E-state index in [0.717, 1.165) is 0 Å². The summed E-state index contributed by atoms with van der Waals surface area (Å²) in [6.07, 6.45) is 1.35. The zero-order valence-corrected chi connectivity index (χ0v) is 13.9. The number of halogens is 1. The van der Waals surface area contributed by atoms with E-state index < -0.39 is 0 Å². The van der Waals surface area contributed by atoms with Crippen LogP contribution < -0.4 is 0 Å². The Morgan fingerprint density at radius 2 is 1.96 bits per heavy atom. The maximum Gasteiger partial charge on any atom is 0.308 e. The maximum atomic E-state index is 13.0. The van der Waals surface area contributed by atoms with Gasteiger partial charge in [-0.05, 0) is 37.1 Å². The predicted octanol–water partition coefficient (Wildman–Crippen LogP) is 2.43. The van der Waals surface area contributed by atoms with Crippen LogP contribution in [0.3, 0.4) is 0 Å². The number of carbonyl (C=O) groups excluding carboxylic acids is 2. The lowest BCUT2D eigenvalue weighted by Gasteiger charge is -2.30. The quantitative estimate of drug-likeness (QED) is 0.795. The lowest BCUT2D eigenvalue weighted by molar-refractivity contribution is -0.148. The molecule has 0 atom stereocenters. The van der Waals surface area contributed by atoms with Gasteiger partial charge in [0.05, 0.1) is 25.1 Å². The fourth-order valence-corrected chi connectivity index (χ4v) is 2.94. The average Bonchev–Trinajstić information content (AvgIpc) is 3.10. The van der Waals surface area contributed by atoms with Crippen molar-refractivity contribution >= 4 is 11.9 Å². The Morgan fingerprint density at radius 3 is 2.60 bits per heavy atom. The Balaban J connectivity index is 1.57. The molecule has 1 saturated heterocycles. The first-order valence-electron chi connectivity index (χ1n) is 8.14. The van der Waals surface area contributed by atoms with Gasteiger partial charge < -0.3 is 14.2 Å². The second-order valence-corrected chi connectivity index (χ2v) is 6.04. The normalized spacial score (nSPS) is 15.2. The van der Waals surface area contributed by atoms with Gasteiger partial charge in [0.2, 0.25) is 5.91 Å². The van der Waals surface area contributed by atoms with E-state index in [9.17, 15) is 14.0 Å². The minimum absolute atomic E-state index is 0.0535. The van der Waals surface area contributed by atoms with Gasteiger partial charge in [-0.3, -0.25) is 9.59 Å². The number of nitrogens with zero attached hydrogens (tertiary/aromatic N) is 2. The van der Waals surface area contributed by atoms with Gasteiger partial charge in [0.1, 0.15) is 5.82 Å². The summed E-state index contributed by atoms with van der Waals surface area (Å²) >= 11 is 0. The molecule has 2 aromatic rings. The third-order valence-corrected chi connectivity index (χ3v) is 4.40. The number of likely N-dealkylation sites (tertiary alicyclic amines) is 1. The van der Waals surface area contributed by atoms with E-state index >= 15 is 0 Å². The molecule has 1 amide bonds. The number of aromatic nitrogens is 1. The molecule has 25 heavy (non-hydrogen) atoms. The summed E-state index contributed by atoms with van der Waals surface area (Å²) in [6, 6.07) is 7.56. The summed E-state index contributed by atoms with van der Waals surface area (Å²) in [7, 11) is 1.38. The Morgan fingerprint density at radius 1 is 1.28 bits per heavy atom. The van der Waals surface area contributed by atoms with Crippen LogP contribution in [-0.4, -0.2) is 42.1 Å². The summed E-state index contributed by atoms with van der Waals surface area (Å²) in [6.45, 7) is 1.06. The average molecular weight is 346 g/mol. The first-order chi connectivity index (χ1) is 12.1. The molecule has 1 aromatic heterocycles. The molecule has 0 saturated carbocycles. The smallest absolute Gasteiger partial charge is 0.308 e. The SMILES string of the molecule is COC(=O)C1CCN(C(=O)Cc2cc(-c3ccc(F)cc3)on2)CC1. The van der Waals surface area contributed by atoms with Crippen molar-refractivity contribution in [2.24, 2.45) is 5.92 Å². The molecule has 6 nitrogen and oxygen atoms in total. The lowest BCUT2D eigenvalue weighted by Crippen LogP contribution is -2.41. The topological polar surface area (TPSA) is 72.6 Å². The molecule has 0 N–H and O–H groups in total. The second kappa shape index (κ2) is 7.46. The molecule has 7 heteroatoms. The van der Waals surface area contributed by atoms with E-state index in [1.165, 1.54) is 19.2 Å². The number of methoxy groups -OCH3 is 1. The van der Waals surface area contributed by atoms with Gasteiger partial charge in [0.25, 0.3) is 0 Å². The molecular formula is C18H19FN2O4. The molecular weight excluding hydrogens is 327 g/mol. The molecule has 1 aliphatic heterocycles. The molecule has 132 valence electrons. The zero-order valence-electron chi connectivity index (χ0n) is 13.9. The highest BCUT2D eigenvalue weighted by Gasteiger charge is 2.28. The van der Waals surface area contributed by atoms with Gasteiger partial charge in [-0.25, -0.2) is 4.39 Å². The highest BCUT2D eigenvalue weighted by Crippen LogP contribution is 2.22. The van der Waals surface area contributed by atoms with Crippen molar-refractivity contribution in [2.45, 2.75) is 19.3 Å². The number of hydrogen-bond donors (Lipinski definition) is 0. The van der Waals surface area contributed by atoms with Crippen LogP contribution in [-0.2, 0) is 20.7 Å². The maximum absolute atomic E-state index is 13.0. The number of rotatable bonds is 4. The van der Waals surface area contributed by atoms with Crippen molar-refractivity contribution in [3.8, 4) is 11.3 Å². The summed E-state index contributed by atoms with van der Waals surface area (Å²) in [5, 5.41) is 3.92. The largest absolute Gasteiger partial charge is 0.469 e. The van der Waals surface area contributed by atoms with Gasteiger partial charge >= 0.3 is 5.97 Å². The highest BCUT2D eigenvalue weighted by atomic mass is 19.1. The number of piperidine rings is 1. The molecule has 2 heterocycles. The summed E-state index contributed by atoms with van der Waals surface area (Å²) < 4.78 is 22.9. The monoisotopic (exact) mass is 346 g/mol. The van der Waals surface area contributed by atoms with Gasteiger partial charge in [0.15, 0.2) is 5.76 Å². The van der Waals surface area contributed by atoms with E-state index in [0.29, 0.717) is 42.9 Å². The highest BCUT2D eigenvalue weighted by molar-refractivity contribution is 5.79. The third-order valence-electron chi connectivity index (χ3n) is 4.40. The van der Waals surface area contributed by atoms with Gasteiger partial charge in [-0.15, -0.1) is 0 Å². The van der Waals surface area contributed by atoms with E-state index in [-0.39, 0.29) is 30.0 Å². The molecule has 0 spiro atoms. The van der Waals surface area contributed by atoms with Gasteiger partial charge in [-0.1, -0.05) is 5.16 Å². The molecule has 1 aromatic carbocycles.